The standard InChI is InChI=1S/C15H17N/c1-15(10-5-11-16-15)14-9-4-7-12-6-2-3-8-13(12)14/h2-4,6-9,16H,5,10-11H2,1H3. The van der Waals surface area contributed by atoms with Crippen molar-refractivity contribution in [3.63, 3.8) is 0 Å². The summed E-state index contributed by atoms with van der Waals surface area (Å²) in [6, 6.07) is 15.3. The number of benzene rings is 2. The Labute approximate surface area is 96.5 Å². The summed E-state index contributed by atoms with van der Waals surface area (Å²) in [6.07, 6.45) is 2.51. The van der Waals surface area contributed by atoms with E-state index in [0.29, 0.717) is 0 Å². The summed E-state index contributed by atoms with van der Waals surface area (Å²) in [6.45, 7) is 3.46. The minimum Gasteiger partial charge on any atom is -0.308 e. The molecule has 0 aliphatic carbocycles. The molecule has 16 heavy (non-hydrogen) atoms. The summed E-state index contributed by atoms with van der Waals surface area (Å²) in [5.74, 6) is 0. The molecule has 1 unspecified atom stereocenters. The van der Waals surface area contributed by atoms with E-state index in [1.54, 1.807) is 0 Å². The Hall–Kier alpha value is -1.34. The second kappa shape index (κ2) is 3.60. The fourth-order valence-corrected chi connectivity index (χ4v) is 2.83. The van der Waals surface area contributed by atoms with Crippen LogP contribution in [0.1, 0.15) is 25.3 Å². The lowest BCUT2D eigenvalue weighted by molar-refractivity contribution is 0.438. The van der Waals surface area contributed by atoms with Gasteiger partial charge >= 0.3 is 0 Å². The van der Waals surface area contributed by atoms with Crippen LogP contribution in [0.2, 0.25) is 0 Å². The lowest BCUT2D eigenvalue weighted by Crippen LogP contribution is -2.33. The predicted octanol–water partition coefficient (Wildman–Crippen LogP) is 3.44. The van der Waals surface area contributed by atoms with E-state index in [2.05, 4.69) is 54.7 Å². The van der Waals surface area contributed by atoms with E-state index in [1.165, 1.54) is 29.2 Å². The summed E-state index contributed by atoms with van der Waals surface area (Å²) in [5, 5.41) is 6.37. The third-order valence-corrected chi connectivity index (χ3v) is 3.75. The van der Waals surface area contributed by atoms with Gasteiger partial charge in [0.15, 0.2) is 0 Å². The monoisotopic (exact) mass is 211 g/mol. The normalized spacial score (nSPS) is 25.1. The summed E-state index contributed by atoms with van der Waals surface area (Å²) in [4.78, 5) is 0. The molecule has 1 aliphatic rings. The molecule has 0 bridgehead atoms. The van der Waals surface area contributed by atoms with Gasteiger partial charge in [-0.1, -0.05) is 42.5 Å². The van der Waals surface area contributed by atoms with E-state index in [-0.39, 0.29) is 5.54 Å². The molecule has 2 aromatic rings. The van der Waals surface area contributed by atoms with Gasteiger partial charge in [-0.25, -0.2) is 0 Å². The Morgan fingerprint density at radius 2 is 1.88 bits per heavy atom. The van der Waals surface area contributed by atoms with Crippen molar-refractivity contribution in [2.75, 3.05) is 6.54 Å². The van der Waals surface area contributed by atoms with Gasteiger partial charge in [-0.3, -0.25) is 0 Å². The maximum Gasteiger partial charge on any atom is 0.0412 e. The Morgan fingerprint density at radius 3 is 2.69 bits per heavy atom. The highest BCUT2D eigenvalue weighted by Crippen LogP contribution is 2.34. The number of nitrogens with one attached hydrogen (secondary N) is 1. The molecule has 1 heterocycles. The van der Waals surface area contributed by atoms with Crippen LogP contribution < -0.4 is 5.32 Å². The first-order chi connectivity index (χ1) is 7.80. The molecule has 1 aliphatic heterocycles. The van der Waals surface area contributed by atoms with Crippen LogP contribution in [0.15, 0.2) is 42.5 Å². The van der Waals surface area contributed by atoms with Crippen molar-refractivity contribution in [2.45, 2.75) is 25.3 Å². The largest absolute Gasteiger partial charge is 0.308 e. The maximum absolute atomic E-state index is 3.64. The topological polar surface area (TPSA) is 12.0 Å². The molecule has 0 amide bonds. The Bertz CT molecular complexity index is 504. The van der Waals surface area contributed by atoms with Crippen molar-refractivity contribution in [1.82, 2.24) is 5.32 Å². The minimum atomic E-state index is 0.168. The van der Waals surface area contributed by atoms with E-state index >= 15 is 0 Å². The van der Waals surface area contributed by atoms with Gasteiger partial charge in [0.25, 0.3) is 0 Å². The molecule has 3 rings (SSSR count). The summed E-state index contributed by atoms with van der Waals surface area (Å²) < 4.78 is 0. The van der Waals surface area contributed by atoms with Gasteiger partial charge in [0.2, 0.25) is 0 Å². The molecule has 0 radical (unpaired) electrons. The fourth-order valence-electron chi connectivity index (χ4n) is 2.83. The third kappa shape index (κ3) is 1.43. The SMILES string of the molecule is CC1(c2cccc3ccccc23)CCCN1. The predicted molar refractivity (Wildman–Crippen MR) is 68.5 cm³/mol. The second-order valence-electron chi connectivity index (χ2n) is 4.89. The molecule has 82 valence electrons. The van der Waals surface area contributed by atoms with E-state index in [1.807, 2.05) is 0 Å². The average molecular weight is 211 g/mol. The Balaban J connectivity index is 2.23. The lowest BCUT2D eigenvalue weighted by Gasteiger charge is -2.26. The molecule has 0 saturated carbocycles. The van der Waals surface area contributed by atoms with Crippen LogP contribution in [-0.2, 0) is 5.54 Å². The van der Waals surface area contributed by atoms with Crippen LogP contribution in [0, 0.1) is 0 Å². The zero-order chi connectivity index (χ0) is 11.0. The number of hydrogen-bond acceptors (Lipinski definition) is 1. The second-order valence-corrected chi connectivity index (χ2v) is 4.89. The van der Waals surface area contributed by atoms with Gasteiger partial charge in [0.1, 0.15) is 0 Å². The fraction of sp³-hybridized carbons (Fsp3) is 0.333. The first-order valence-electron chi connectivity index (χ1n) is 6.03. The Kier molecular flexibility index (Phi) is 2.22. The molecule has 2 aromatic carbocycles. The van der Waals surface area contributed by atoms with Gasteiger partial charge in [0, 0.05) is 5.54 Å². The van der Waals surface area contributed by atoms with Crippen LogP contribution >= 0.6 is 0 Å². The quantitative estimate of drug-likeness (QED) is 0.762. The van der Waals surface area contributed by atoms with Crippen molar-refractivity contribution in [3.05, 3.63) is 48.0 Å². The summed E-state index contributed by atoms with van der Waals surface area (Å²) in [5.41, 5.74) is 1.61. The molecule has 1 nitrogen and oxygen atoms in total. The van der Waals surface area contributed by atoms with Crippen molar-refractivity contribution in [3.8, 4) is 0 Å². The molecule has 1 N–H and O–H groups in total. The molecule has 0 spiro atoms. The number of rotatable bonds is 1. The zero-order valence-electron chi connectivity index (χ0n) is 9.66. The highest BCUT2D eigenvalue weighted by molar-refractivity contribution is 5.86. The maximum atomic E-state index is 3.64. The molecule has 1 saturated heterocycles. The van der Waals surface area contributed by atoms with E-state index < -0.39 is 0 Å². The molecule has 1 fully saturated rings. The number of fused-ring (bicyclic) bond motifs is 1. The molecule has 0 aromatic heterocycles. The smallest absolute Gasteiger partial charge is 0.0412 e. The van der Waals surface area contributed by atoms with E-state index in [0.717, 1.165) is 6.54 Å². The van der Waals surface area contributed by atoms with Gasteiger partial charge in [0.05, 0.1) is 0 Å². The molecule has 1 heteroatoms. The first-order valence-corrected chi connectivity index (χ1v) is 6.03. The van der Waals surface area contributed by atoms with Crippen LogP contribution in [0.4, 0.5) is 0 Å². The van der Waals surface area contributed by atoms with Gasteiger partial charge in [-0.05, 0) is 42.6 Å². The zero-order valence-corrected chi connectivity index (χ0v) is 9.66. The van der Waals surface area contributed by atoms with Crippen molar-refractivity contribution < 1.29 is 0 Å². The third-order valence-electron chi connectivity index (χ3n) is 3.75. The van der Waals surface area contributed by atoms with Crippen LogP contribution in [-0.4, -0.2) is 6.54 Å². The van der Waals surface area contributed by atoms with E-state index in [4.69, 9.17) is 0 Å². The van der Waals surface area contributed by atoms with Crippen LogP contribution in [0.3, 0.4) is 0 Å². The van der Waals surface area contributed by atoms with Crippen molar-refractivity contribution in [2.24, 2.45) is 0 Å². The lowest BCUT2D eigenvalue weighted by atomic mass is 9.87. The van der Waals surface area contributed by atoms with Crippen molar-refractivity contribution in [1.29, 1.82) is 0 Å². The van der Waals surface area contributed by atoms with Crippen LogP contribution in [0.25, 0.3) is 10.8 Å². The van der Waals surface area contributed by atoms with E-state index in [9.17, 15) is 0 Å². The summed E-state index contributed by atoms with van der Waals surface area (Å²) >= 11 is 0. The van der Waals surface area contributed by atoms with Gasteiger partial charge in [-0.2, -0.15) is 0 Å². The van der Waals surface area contributed by atoms with Crippen molar-refractivity contribution >= 4 is 10.8 Å². The first kappa shape index (κ1) is 9.86. The highest BCUT2D eigenvalue weighted by Gasteiger charge is 2.30. The average Bonchev–Trinajstić information content (AvgIpc) is 2.77. The minimum absolute atomic E-state index is 0.168. The van der Waals surface area contributed by atoms with Gasteiger partial charge in [-0.15, -0.1) is 0 Å². The molecular weight excluding hydrogens is 194 g/mol. The Morgan fingerprint density at radius 1 is 1.06 bits per heavy atom. The number of hydrogen-bond donors (Lipinski definition) is 1. The molecular formula is C15H17N. The van der Waals surface area contributed by atoms with Gasteiger partial charge < -0.3 is 5.32 Å². The van der Waals surface area contributed by atoms with Crippen LogP contribution in [0.5, 0.6) is 0 Å². The molecule has 1 atom stereocenters. The highest BCUT2D eigenvalue weighted by atomic mass is 15.0. The summed E-state index contributed by atoms with van der Waals surface area (Å²) in [7, 11) is 0.